The third kappa shape index (κ3) is 7.59. The molecule has 1 aromatic rings. The molecule has 0 bridgehead atoms. The molecule has 29 heavy (non-hydrogen) atoms. The number of carbonyl (C=O) groups is 1. The van der Waals surface area contributed by atoms with Gasteiger partial charge in [0.15, 0.2) is 15.8 Å². The number of anilines is 1. The summed E-state index contributed by atoms with van der Waals surface area (Å²) in [6.45, 7) is 2.49. The first-order valence-electron chi connectivity index (χ1n) is 9.70. The van der Waals surface area contributed by atoms with Crippen LogP contribution in [0.25, 0.3) is 0 Å². The number of carbonyl (C=O) groups excluding carboxylic acids is 1. The number of hydrogen-bond acceptors (Lipinski definition) is 6. The van der Waals surface area contributed by atoms with Crippen molar-refractivity contribution in [3.05, 3.63) is 17.5 Å². The number of thiophene rings is 1. The Hall–Kier alpha value is -1.08. The minimum Gasteiger partial charge on any atom is -0.363 e. The minimum atomic E-state index is -2.98. The van der Waals surface area contributed by atoms with Crippen LogP contribution in [0.5, 0.6) is 0 Å². The van der Waals surface area contributed by atoms with Gasteiger partial charge in [-0.05, 0) is 36.8 Å². The van der Waals surface area contributed by atoms with E-state index in [1.54, 1.807) is 18.4 Å². The van der Waals surface area contributed by atoms with Gasteiger partial charge in [0.25, 0.3) is 0 Å². The average molecular weight is 556 g/mol. The van der Waals surface area contributed by atoms with Gasteiger partial charge in [0, 0.05) is 45.2 Å². The van der Waals surface area contributed by atoms with Crippen LogP contribution in [0.4, 0.5) is 5.00 Å². The quantitative estimate of drug-likeness (QED) is 0.277. The van der Waals surface area contributed by atoms with Crippen molar-refractivity contribution in [1.29, 1.82) is 0 Å². The molecule has 1 aromatic heterocycles. The fourth-order valence-electron chi connectivity index (χ4n) is 3.59. The number of piperidine rings is 1. The minimum absolute atomic E-state index is 0. The van der Waals surface area contributed by atoms with E-state index in [0.717, 1.165) is 25.9 Å². The first-order valence-corrected chi connectivity index (χ1v) is 12.4. The Kier molecular flexibility index (Phi) is 9.47. The zero-order valence-electron chi connectivity index (χ0n) is 16.6. The van der Waals surface area contributed by atoms with E-state index in [1.165, 1.54) is 5.00 Å². The van der Waals surface area contributed by atoms with Crippen molar-refractivity contribution >= 4 is 62.0 Å². The van der Waals surface area contributed by atoms with E-state index in [1.807, 2.05) is 0 Å². The van der Waals surface area contributed by atoms with Crippen molar-refractivity contribution in [3.8, 4) is 0 Å². The Bertz CT molecular complexity index is 777. The van der Waals surface area contributed by atoms with Gasteiger partial charge in [0.1, 0.15) is 0 Å². The Labute approximate surface area is 193 Å². The first kappa shape index (κ1) is 24.2. The molecule has 2 fully saturated rings. The molecule has 1 unspecified atom stereocenters. The fraction of sp³-hybridized carbons (Fsp3) is 0.667. The number of nitrogens with one attached hydrogen (secondary N) is 3. The van der Waals surface area contributed by atoms with Crippen LogP contribution < -0.4 is 20.9 Å². The zero-order valence-corrected chi connectivity index (χ0v) is 20.6. The Morgan fingerprint density at radius 1 is 1.24 bits per heavy atom. The lowest BCUT2D eigenvalue weighted by Gasteiger charge is -2.33. The summed E-state index contributed by atoms with van der Waals surface area (Å²) in [5, 5.41) is 12.8. The smallest absolute Gasteiger partial charge is 0.222 e. The number of rotatable bonds is 6. The molecule has 2 saturated heterocycles. The molecule has 1 atom stereocenters. The van der Waals surface area contributed by atoms with Crippen LogP contribution in [-0.2, 0) is 14.6 Å². The van der Waals surface area contributed by atoms with E-state index >= 15 is 0 Å². The lowest BCUT2D eigenvalue weighted by molar-refractivity contribution is -0.121. The van der Waals surface area contributed by atoms with Crippen molar-refractivity contribution < 1.29 is 13.2 Å². The molecule has 0 aliphatic carbocycles. The molecule has 1 amide bonds. The van der Waals surface area contributed by atoms with Crippen LogP contribution in [0.15, 0.2) is 22.5 Å². The molecule has 2 aliphatic rings. The highest BCUT2D eigenvalue weighted by atomic mass is 127. The molecule has 3 heterocycles. The second-order valence-electron chi connectivity index (χ2n) is 7.27. The average Bonchev–Trinajstić information content (AvgIpc) is 3.31. The van der Waals surface area contributed by atoms with Crippen molar-refractivity contribution in [2.75, 3.05) is 43.1 Å². The summed E-state index contributed by atoms with van der Waals surface area (Å²) in [4.78, 5) is 18.7. The monoisotopic (exact) mass is 555 g/mol. The summed E-state index contributed by atoms with van der Waals surface area (Å²) >= 11 is 1.77. The zero-order chi connectivity index (χ0) is 20.0. The van der Waals surface area contributed by atoms with E-state index < -0.39 is 9.84 Å². The molecule has 3 rings (SSSR count). The van der Waals surface area contributed by atoms with Crippen LogP contribution in [0.2, 0.25) is 0 Å². The standard InChI is InChI=1S/C18H29N5O3S2.HI/c1-19-18(20-8-4-16(24)21-15-7-12-28(25,26)13-15)22-14-5-9-23(10-6-14)17-3-2-11-27-17;/h2-3,11,14-15H,4-10,12-13H2,1H3,(H,21,24)(H2,19,20,22);1H. The third-order valence-electron chi connectivity index (χ3n) is 5.12. The summed E-state index contributed by atoms with van der Waals surface area (Å²) in [5.74, 6) is 0.789. The highest BCUT2D eigenvalue weighted by molar-refractivity contribution is 14.0. The number of nitrogens with zero attached hydrogens (tertiary/aromatic N) is 2. The van der Waals surface area contributed by atoms with E-state index in [0.29, 0.717) is 25.0 Å². The topological polar surface area (TPSA) is 103 Å². The Balaban J connectivity index is 0.00000300. The SMILES string of the molecule is CN=C(NCCC(=O)NC1CCS(=O)(=O)C1)NC1CCN(c2cccs2)CC1.I. The summed E-state index contributed by atoms with van der Waals surface area (Å²) in [7, 11) is -1.25. The maximum absolute atomic E-state index is 12.0. The van der Waals surface area contributed by atoms with Crippen molar-refractivity contribution in [2.45, 2.75) is 37.8 Å². The van der Waals surface area contributed by atoms with Gasteiger partial charge in [-0.15, -0.1) is 35.3 Å². The molecular formula is C18H30IN5O3S2. The second kappa shape index (κ2) is 11.3. The van der Waals surface area contributed by atoms with Crippen molar-refractivity contribution in [3.63, 3.8) is 0 Å². The maximum atomic E-state index is 12.0. The fourth-order valence-corrected chi connectivity index (χ4v) is 6.04. The van der Waals surface area contributed by atoms with Gasteiger partial charge in [-0.25, -0.2) is 8.42 Å². The van der Waals surface area contributed by atoms with Gasteiger partial charge >= 0.3 is 0 Å². The molecule has 0 spiro atoms. The highest BCUT2D eigenvalue weighted by Crippen LogP contribution is 2.24. The van der Waals surface area contributed by atoms with Gasteiger partial charge in [-0.1, -0.05) is 0 Å². The number of sulfone groups is 1. The number of hydrogen-bond donors (Lipinski definition) is 3. The molecule has 8 nitrogen and oxygen atoms in total. The number of guanidine groups is 1. The summed E-state index contributed by atoms with van der Waals surface area (Å²) in [6, 6.07) is 4.35. The Morgan fingerprint density at radius 3 is 2.59 bits per heavy atom. The molecule has 0 aromatic carbocycles. The van der Waals surface area contributed by atoms with Crippen molar-refractivity contribution in [1.82, 2.24) is 16.0 Å². The largest absolute Gasteiger partial charge is 0.363 e. The van der Waals surface area contributed by atoms with Gasteiger partial charge in [-0.2, -0.15) is 0 Å². The van der Waals surface area contributed by atoms with Crippen LogP contribution in [0.1, 0.15) is 25.7 Å². The normalized spacial score (nSPS) is 22.0. The predicted molar refractivity (Wildman–Crippen MR) is 129 cm³/mol. The van der Waals surface area contributed by atoms with E-state index in [2.05, 4.69) is 43.4 Å². The highest BCUT2D eigenvalue weighted by Gasteiger charge is 2.28. The van der Waals surface area contributed by atoms with Crippen LogP contribution in [0, 0.1) is 0 Å². The van der Waals surface area contributed by atoms with Crippen LogP contribution in [-0.4, -0.2) is 70.6 Å². The molecule has 2 aliphatic heterocycles. The van der Waals surface area contributed by atoms with Gasteiger partial charge in [-0.3, -0.25) is 9.79 Å². The number of amides is 1. The van der Waals surface area contributed by atoms with E-state index in [-0.39, 0.29) is 53.9 Å². The molecular weight excluding hydrogens is 525 g/mol. The van der Waals surface area contributed by atoms with Crippen LogP contribution >= 0.6 is 35.3 Å². The summed E-state index contributed by atoms with van der Waals surface area (Å²) in [5.41, 5.74) is 0. The number of aliphatic imine (C=N–C) groups is 1. The maximum Gasteiger partial charge on any atom is 0.222 e. The third-order valence-corrected chi connectivity index (χ3v) is 7.82. The van der Waals surface area contributed by atoms with Gasteiger partial charge < -0.3 is 20.9 Å². The van der Waals surface area contributed by atoms with Gasteiger partial charge in [0.2, 0.25) is 5.91 Å². The number of halogens is 1. The molecule has 11 heteroatoms. The molecule has 0 radical (unpaired) electrons. The second-order valence-corrected chi connectivity index (χ2v) is 10.4. The Morgan fingerprint density at radius 2 is 2.00 bits per heavy atom. The lowest BCUT2D eigenvalue weighted by atomic mass is 10.1. The molecule has 0 saturated carbocycles. The molecule has 3 N–H and O–H groups in total. The van der Waals surface area contributed by atoms with Crippen LogP contribution in [0.3, 0.4) is 0 Å². The van der Waals surface area contributed by atoms with Crippen molar-refractivity contribution in [2.24, 2.45) is 4.99 Å². The van der Waals surface area contributed by atoms with E-state index in [9.17, 15) is 13.2 Å². The summed E-state index contributed by atoms with van der Waals surface area (Å²) < 4.78 is 22.9. The summed E-state index contributed by atoms with van der Waals surface area (Å²) in [6.07, 6.45) is 2.87. The lowest BCUT2D eigenvalue weighted by Crippen LogP contribution is -2.49. The first-order chi connectivity index (χ1) is 13.4. The van der Waals surface area contributed by atoms with Gasteiger partial charge in [0.05, 0.1) is 16.5 Å². The predicted octanol–water partition coefficient (Wildman–Crippen LogP) is 1.19. The van der Waals surface area contributed by atoms with E-state index in [4.69, 9.17) is 0 Å². The molecule has 164 valence electrons.